The maximum Gasteiger partial charge on any atom is 0.191 e. The van der Waals surface area contributed by atoms with Gasteiger partial charge in [-0.15, -0.1) is 0 Å². The summed E-state index contributed by atoms with van der Waals surface area (Å²) < 4.78 is 5.41. The van der Waals surface area contributed by atoms with E-state index in [9.17, 15) is 0 Å². The fourth-order valence-corrected chi connectivity index (χ4v) is 3.72. The van der Waals surface area contributed by atoms with Crippen molar-refractivity contribution in [3.63, 3.8) is 0 Å². The van der Waals surface area contributed by atoms with Gasteiger partial charge in [0.1, 0.15) is 11.6 Å². The molecule has 2 aliphatic heterocycles. The molecule has 7 heteroatoms. The number of thioether (sulfide) groups is 1. The van der Waals surface area contributed by atoms with E-state index in [1.165, 1.54) is 12.8 Å². The first-order valence-electron chi connectivity index (χ1n) is 8.10. The lowest BCUT2D eigenvalue weighted by molar-refractivity contribution is 0.0104. The van der Waals surface area contributed by atoms with Crippen molar-refractivity contribution in [1.29, 1.82) is 0 Å². The van der Waals surface area contributed by atoms with Crippen molar-refractivity contribution in [2.24, 2.45) is 0 Å². The Kier molecular flexibility index (Phi) is 5.38. The Hall–Kier alpha value is -1.05. The van der Waals surface area contributed by atoms with Gasteiger partial charge in [0.25, 0.3) is 0 Å². The zero-order valence-electron chi connectivity index (χ0n) is 13.2. The lowest BCUT2D eigenvalue weighted by Gasteiger charge is -2.47. The summed E-state index contributed by atoms with van der Waals surface area (Å²) >= 11 is 1.70. The number of morpholine rings is 1. The molecule has 1 aromatic rings. The van der Waals surface area contributed by atoms with Gasteiger partial charge >= 0.3 is 0 Å². The Bertz CT molecular complexity index is 489. The summed E-state index contributed by atoms with van der Waals surface area (Å²) in [5.74, 6) is 2.59. The molecule has 0 radical (unpaired) electrons. The van der Waals surface area contributed by atoms with Gasteiger partial charge in [-0.3, -0.25) is 4.90 Å². The Morgan fingerprint density at radius 2 is 2.09 bits per heavy atom. The van der Waals surface area contributed by atoms with E-state index in [-0.39, 0.29) is 0 Å². The van der Waals surface area contributed by atoms with Crippen LogP contribution in [0.3, 0.4) is 0 Å². The molecule has 0 amide bonds. The molecule has 2 fully saturated rings. The van der Waals surface area contributed by atoms with E-state index in [1.54, 1.807) is 11.8 Å². The second-order valence-corrected chi connectivity index (χ2v) is 6.90. The van der Waals surface area contributed by atoms with E-state index < -0.39 is 0 Å². The Balaban J connectivity index is 1.56. The van der Waals surface area contributed by atoms with Crippen LogP contribution < -0.4 is 10.6 Å². The highest BCUT2D eigenvalue weighted by molar-refractivity contribution is 7.99. The Morgan fingerprint density at radius 3 is 2.82 bits per heavy atom. The number of nitrogens with zero attached hydrogens (tertiary/aromatic N) is 4. The van der Waals surface area contributed by atoms with Gasteiger partial charge in [-0.05, 0) is 6.42 Å². The monoisotopic (exact) mass is 323 g/mol. The Labute approximate surface area is 136 Å². The summed E-state index contributed by atoms with van der Waals surface area (Å²) in [6.45, 7) is 8.04. The molecule has 0 atom stereocenters. The second-order valence-electron chi connectivity index (χ2n) is 5.84. The summed E-state index contributed by atoms with van der Waals surface area (Å²) in [5, 5.41) is 0.804. The molecule has 0 spiro atoms. The summed E-state index contributed by atoms with van der Waals surface area (Å²) in [4.78, 5) is 13.8. The van der Waals surface area contributed by atoms with Gasteiger partial charge in [-0.1, -0.05) is 25.1 Å². The predicted octanol–water partition coefficient (Wildman–Crippen LogP) is 1.47. The quantitative estimate of drug-likeness (QED) is 0.483. The average molecular weight is 323 g/mol. The van der Waals surface area contributed by atoms with Crippen LogP contribution in [0.15, 0.2) is 11.2 Å². The molecule has 22 heavy (non-hydrogen) atoms. The van der Waals surface area contributed by atoms with Crippen molar-refractivity contribution in [1.82, 2.24) is 14.9 Å². The minimum absolute atomic E-state index is 0.568. The van der Waals surface area contributed by atoms with Gasteiger partial charge in [0.15, 0.2) is 5.16 Å². The van der Waals surface area contributed by atoms with Crippen molar-refractivity contribution in [2.45, 2.75) is 31.0 Å². The lowest BCUT2D eigenvalue weighted by Crippen LogP contribution is -2.61. The van der Waals surface area contributed by atoms with Crippen molar-refractivity contribution in [2.75, 3.05) is 55.8 Å². The molecule has 6 nitrogen and oxygen atoms in total. The molecule has 2 saturated heterocycles. The van der Waals surface area contributed by atoms with E-state index in [4.69, 9.17) is 10.5 Å². The van der Waals surface area contributed by atoms with Gasteiger partial charge in [0, 0.05) is 44.0 Å². The molecule has 0 aliphatic carbocycles. The van der Waals surface area contributed by atoms with Gasteiger partial charge in [-0.2, -0.15) is 0 Å². The van der Waals surface area contributed by atoms with E-state index in [2.05, 4.69) is 26.7 Å². The van der Waals surface area contributed by atoms with E-state index >= 15 is 0 Å². The zero-order valence-corrected chi connectivity index (χ0v) is 14.0. The standard InChI is InChI=1S/C15H25N5OS/c1-2-3-8-22-15-17-13(16)9-14(18-15)20-10-12(11-20)19-4-6-21-7-5-19/h9,12H,2-8,10-11H2,1H3,(H2,16,17,18). The molecule has 0 saturated carbocycles. The number of hydrogen-bond donors (Lipinski definition) is 1. The van der Waals surface area contributed by atoms with Crippen LogP contribution in [0.1, 0.15) is 19.8 Å². The molecule has 1 aromatic heterocycles. The number of ether oxygens (including phenoxy) is 1. The normalized spacial score (nSPS) is 20.1. The van der Waals surface area contributed by atoms with E-state index in [0.29, 0.717) is 11.9 Å². The highest BCUT2D eigenvalue weighted by Crippen LogP contribution is 2.26. The number of rotatable bonds is 6. The molecular formula is C15H25N5OS. The SMILES string of the molecule is CCCCSc1nc(N)cc(N2CC(N3CCOCC3)C2)n1. The van der Waals surface area contributed by atoms with Crippen molar-refractivity contribution in [3.05, 3.63) is 6.07 Å². The molecule has 0 bridgehead atoms. The van der Waals surface area contributed by atoms with E-state index in [1.807, 2.05) is 6.07 Å². The first-order valence-corrected chi connectivity index (χ1v) is 9.09. The Morgan fingerprint density at radius 1 is 1.32 bits per heavy atom. The predicted molar refractivity (Wildman–Crippen MR) is 90.5 cm³/mol. The molecule has 0 aromatic carbocycles. The maximum absolute atomic E-state index is 5.94. The molecule has 3 heterocycles. The van der Waals surface area contributed by atoms with Crippen LogP contribution in [0.4, 0.5) is 11.6 Å². The van der Waals surface area contributed by atoms with Crippen LogP contribution in [0.25, 0.3) is 0 Å². The maximum atomic E-state index is 5.94. The topological polar surface area (TPSA) is 67.5 Å². The van der Waals surface area contributed by atoms with Crippen molar-refractivity contribution in [3.8, 4) is 0 Å². The van der Waals surface area contributed by atoms with Crippen LogP contribution in [0, 0.1) is 0 Å². The third kappa shape index (κ3) is 3.83. The number of hydrogen-bond acceptors (Lipinski definition) is 7. The number of unbranched alkanes of at least 4 members (excludes halogenated alkanes) is 1. The molecule has 3 rings (SSSR count). The number of anilines is 2. The first-order chi connectivity index (χ1) is 10.8. The molecule has 2 N–H and O–H groups in total. The fraction of sp³-hybridized carbons (Fsp3) is 0.733. The summed E-state index contributed by atoms with van der Waals surface area (Å²) in [5.41, 5.74) is 5.94. The number of nitrogens with two attached hydrogens (primary N) is 1. The highest BCUT2D eigenvalue weighted by Gasteiger charge is 2.33. The summed E-state index contributed by atoms with van der Waals surface area (Å²) in [6, 6.07) is 2.51. The van der Waals surface area contributed by atoms with Crippen molar-refractivity contribution >= 4 is 23.4 Å². The third-order valence-corrected chi connectivity index (χ3v) is 5.12. The van der Waals surface area contributed by atoms with Crippen LogP contribution in [0.5, 0.6) is 0 Å². The van der Waals surface area contributed by atoms with Crippen LogP contribution in [-0.4, -0.2) is 66.1 Å². The van der Waals surface area contributed by atoms with Gasteiger partial charge in [-0.25, -0.2) is 9.97 Å². The minimum atomic E-state index is 0.568. The second kappa shape index (κ2) is 7.48. The van der Waals surface area contributed by atoms with Crippen molar-refractivity contribution < 1.29 is 4.74 Å². The number of aromatic nitrogens is 2. The first kappa shape index (κ1) is 15.8. The lowest BCUT2D eigenvalue weighted by atomic mass is 10.1. The smallest absolute Gasteiger partial charge is 0.191 e. The average Bonchev–Trinajstić information content (AvgIpc) is 2.47. The molecule has 0 unspecified atom stereocenters. The molecule has 122 valence electrons. The van der Waals surface area contributed by atoms with Gasteiger partial charge in [0.05, 0.1) is 13.2 Å². The minimum Gasteiger partial charge on any atom is -0.383 e. The molecule has 2 aliphatic rings. The number of nitrogen functional groups attached to an aromatic ring is 1. The van der Waals surface area contributed by atoms with Crippen LogP contribution in [0.2, 0.25) is 0 Å². The third-order valence-electron chi connectivity index (χ3n) is 4.19. The molecular weight excluding hydrogens is 298 g/mol. The largest absolute Gasteiger partial charge is 0.383 e. The van der Waals surface area contributed by atoms with Gasteiger partial charge < -0.3 is 15.4 Å². The highest BCUT2D eigenvalue weighted by atomic mass is 32.2. The van der Waals surface area contributed by atoms with Crippen LogP contribution >= 0.6 is 11.8 Å². The van der Waals surface area contributed by atoms with Gasteiger partial charge in [0.2, 0.25) is 0 Å². The van der Waals surface area contributed by atoms with Crippen LogP contribution in [-0.2, 0) is 4.74 Å². The summed E-state index contributed by atoms with van der Waals surface area (Å²) in [6.07, 6.45) is 2.37. The van der Waals surface area contributed by atoms with E-state index in [0.717, 1.165) is 56.1 Å². The zero-order chi connectivity index (χ0) is 15.4. The summed E-state index contributed by atoms with van der Waals surface area (Å²) in [7, 11) is 0. The fourth-order valence-electron chi connectivity index (χ4n) is 2.78.